The van der Waals surface area contributed by atoms with Crippen molar-refractivity contribution in [3.05, 3.63) is 48.1 Å². The minimum atomic E-state index is 0.254. The Morgan fingerprint density at radius 3 is 2.70 bits per heavy atom. The van der Waals surface area contributed by atoms with Crippen molar-refractivity contribution in [2.24, 2.45) is 0 Å². The van der Waals surface area contributed by atoms with E-state index in [-0.39, 0.29) is 6.10 Å². The van der Waals surface area contributed by atoms with E-state index in [2.05, 4.69) is 25.4 Å². The molecule has 20 heavy (non-hydrogen) atoms. The molecule has 0 saturated carbocycles. The van der Waals surface area contributed by atoms with Gasteiger partial charge in [0.15, 0.2) is 0 Å². The molecule has 1 unspecified atom stereocenters. The van der Waals surface area contributed by atoms with E-state index in [1.54, 1.807) is 11.8 Å². The molecule has 0 aromatic rings. The van der Waals surface area contributed by atoms with Crippen LogP contribution in [-0.2, 0) is 4.74 Å². The second-order valence-electron chi connectivity index (χ2n) is 4.52. The average molecular weight is 295 g/mol. The first-order valence-corrected chi connectivity index (χ1v) is 8.30. The van der Waals surface area contributed by atoms with E-state index >= 15 is 0 Å². The first-order valence-electron chi connectivity index (χ1n) is 7.25. The normalized spacial score (nSPS) is 13.4. The van der Waals surface area contributed by atoms with Crippen LogP contribution in [0, 0.1) is 0 Å². The van der Waals surface area contributed by atoms with Crippen molar-refractivity contribution >= 4 is 11.8 Å². The molecule has 0 aliphatic heterocycles. The van der Waals surface area contributed by atoms with E-state index in [1.807, 2.05) is 37.6 Å². The van der Waals surface area contributed by atoms with Crippen LogP contribution in [0.25, 0.3) is 0 Å². The SMILES string of the molecule is C=CCS/C=C\C(=C)/C(=C\C)OC(CCC)CCNC. The van der Waals surface area contributed by atoms with Crippen LogP contribution in [0.1, 0.15) is 33.1 Å². The number of thioether (sulfide) groups is 1. The number of allylic oxidation sites excluding steroid dienone is 2. The van der Waals surface area contributed by atoms with Gasteiger partial charge < -0.3 is 10.1 Å². The van der Waals surface area contributed by atoms with Gasteiger partial charge in [-0.2, -0.15) is 0 Å². The van der Waals surface area contributed by atoms with E-state index in [4.69, 9.17) is 4.74 Å². The summed E-state index contributed by atoms with van der Waals surface area (Å²) in [5.74, 6) is 1.80. The van der Waals surface area contributed by atoms with Crippen LogP contribution >= 0.6 is 11.8 Å². The van der Waals surface area contributed by atoms with Gasteiger partial charge in [0.25, 0.3) is 0 Å². The summed E-state index contributed by atoms with van der Waals surface area (Å²) in [5, 5.41) is 5.22. The van der Waals surface area contributed by atoms with Crippen molar-refractivity contribution in [1.29, 1.82) is 0 Å². The Labute approximate surface area is 129 Å². The van der Waals surface area contributed by atoms with E-state index in [0.29, 0.717) is 0 Å². The highest BCUT2D eigenvalue weighted by molar-refractivity contribution is 8.02. The Morgan fingerprint density at radius 2 is 2.15 bits per heavy atom. The summed E-state index contributed by atoms with van der Waals surface area (Å²) in [6.07, 6.45) is 9.36. The summed E-state index contributed by atoms with van der Waals surface area (Å²) in [6.45, 7) is 12.9. The van der Waals surface area contributed by atoms with Crippen LogP contribution in [0.2, 0.25) is 0 Å². The van der Waals surface area contributed by atoms with Crippen molar-refractivity contribution < 1.29 is 4.74 Å². The lowest BCUT2D eigenvalue weighted by molar-refractivity contribution is 0.106. The molecule has 0 aromatic carbocycles. The Bertz CT molecular complexity index is 334. The van der Waals surface area contributed by atoms with Gasteiger partial charge in [-0.3, -0.25) is 0 Å². The number of ether oxygens (including phenoxy) is 1. The third kappa shape index (κ3) is 9.05. The average Bonchev–Trinajstić information content (AvgIpc) is 2.46. The Kier molecular flexibility index (Phi) is 12.5. The number of nitrogens with one attached hydrogen (secondary N) is 1. The third-order valence-corrected chi connectivity index (χ3v) is 3.54. The van der Waals surface area contributed by atoms with Crippen molar-refractivity contribution in [1.82, 2.24) is 5.32 Å². The van der Waals surface area contributed by atoms with Gasteiger partial charge in [-0.15, -0.1) is 18.3 Å². The molecule has 0 radical (unpaired) electrons. The summed E-state index contributed by atoms with van der Waals surface area (Å²) in [6, 6.07) is 0. The van der Waals surface area contributed by atoms with Gasteiger partial charge >= 0.3 is 0 Å². The minimum absolute atomic E-state index is 0.254. The maximum Gasteiger partial charge on any atom is 0.122 e. The number of rotatable bonds is 12. The summed E-state index contributed by atoms with van der Waals surface area (Å²) in [7, 11) is 1.97. The van der Waals surface area contributed by atoms with Crippen LogP contribution in [0.5, 0.6) is 0 Å². The van der Waals surface area contributed by atoms with Crippen LogP contribution < -0.4 is 5.32 Å². The molecule has 0 fully saturated rings. The fourth-order valence-electron chi connectivity index (χ4n) is 1.73. The molecule has 0 bridgehead atoms. The van der Waals surface area contributed by atoms with E-state index in [9.17, 15) is 0 Å². The maximum absolute atomic E-state index is 6.10. The molecule has 0 amide bonds. The van der Waals surface area contributed by atoms with Crippen molar-refractivity contribution in [3.63, 3.8) is 0 Å². The zero-order chi connectivity index (χ0) is 15.2. The van der Waals surface area contributed by atoms with Crippen LogP contribution in [0.3, 0.4) is 0 Å². The summed E-state index contributed by atoms with van der Waals surface area (Å²) >= 11 is 1.70. The molecule has 1 N–H and O–H groups in total. The first kappa shape index (κ1) is 19.1. The molecule has 0 saturated heterocycles. The monoisotopic (exact) mass is 295 g/mol. The highest BCUT2D eigenvalue weighted by Gasteiger charge is 2.11. The van der Waals surface area contributed by atoms with Crippen LogP contribution in [0.4, 0.5) is 0 Å². The van der Waals surface area contributed by atoms with Crippen molar-refractivity contribution in [3.8, 4) is 0 Å². The largest absolute Gasteiger partial charge is 0.490 e. The maximum atomic E-state index is 6.10. The molecule has 114 valence electrons. The second-order valence-corrected chi connectivity index (χ2v) is 5.46. The van der Waals surface area contributed by atoms with Gasteiger partial charge in [-0.1, -0.05) is 26.0 Å². The Balaban J connectivity index is 4.44. The molecule has 0 heterocycles. The molecule has 3 heteroatoms. The fraction of sp³-hybridized carbons (Fsp3) is 0.529. The lowest BCUT2D eigenvalue weighted by atomic mass is 10.1. The quantitative estimate of drug-likeness (QED) is 0.244. The van der Waals surface area contributed by atoms with E-state index in [1.165, 1.54) is 0 Å². The Hall–Kier alpha value is -0.930. The molecule has 0 rings (SSSR count). The predicted molar refractivity (Wildman–Crippen MR) is 93.0 cm³/mol. The van der Waals surface area contributed by atoms with Gasteiger partial charge in [0.05, 0.1) is 6.10 Å². The third-order valence-electron chi connectivity index (χ3n) is 2.78. The lowest BCUT2D eigenvalue weighted by Crippen LogP contribution is -2.20. The first-order chi connectivity index (χ1) is 9.69. The topological polar surface area (TPSA) is 21.3 Å². The molecule has 0 aliphatic carbocycles. The molecule has 2 nitrogen and oxygen atoms in total. The number of hydrogen-bond donors (Lipinski definition) is 1. The smallest absolute Gasteiger partial charge is 0.122 e. The van der Waals surface area contributed by atoms with E-state index < -0.39 is 0 Å². The summed E-state index contributed by atoms with van der Waals surface area (Å²) < 4.78 is 6.10. The van der Waals surface area contributed by atoms with Gasteiger partial charge in [0.2, 0.25) is 0 Å². The van der Waals surface area contributed by atoms with Crippen LogP contribution in [0.15, 0.2) is 48.1 Å². The van der Waals surface area contributed by atoms with Crippen LogP contribution in [-0.4, -0.2) is 25.4 Å². The second kappa shape index (κ2) is 13.1. The molecule has 0 spiro atoms. The lowest BCUT2D eigenvalue weighted by Gasteiger charge is -2.21. The molecule has 1 atom stereocenters. The zero-order valence-corrected chi connectivity index (χ0v) is 14.0. The Morgan fingerprint density at radius 1 is 1.40 bits per heavy atom. The van der Waals surface area contributed by atoms with Gasteiger partial charge in [-0.25, -0.2) is 0 Å². The minimum Gasteiger partial charge on any atom is -0.490 e. The molecule has 0 aromatic heterocycles. The molecule has 0 aliphatic rings. The highest BCUT2D eigenvalue weighted by Crippen LogP contribution is 2.19. The van der Waals surface area contributed by atoms with Gasteiger partial charge in [0.1, 0.15) is 5.76 Å². The van der Waals surface area contributed by atoms with Crippen molar-refractivity contribution in [2.45, 2.75) is 39.2 Å². The highest BCUT2D eigenvalue weighted by atomic mass is 32.2. The van der Waals surface area contributed by atoms with Gasteiger partial charge in [-0.05, 0) is 50.9 Å². The standard InChI is InChI=1S/C17H29NOS/c1-6-9-16(10-12-18-5)19-17(8-3)15(4)11-14-20-13-7-2/h7-8,11,14,16,18H,2,4,6,9-10,12-13H2,1,3,5H3/b14-11-,17-8+. The predicted octanol–water partition coefficient (Wildman–Crippen LogP) is 4.67. The van der Waals surface area contributed by atoms with Crippen molar-refractivity contribution in [2.75, 3.05) is 19.3 Å². The molecular weight excluding hydrogens is 266 g/mol. The van der Waals surface area contributed by atoms with E-state index in [0.717, 1.165) is 42.9 Å². The number of hydrogen-bond acceptors (Lipinski definition) is 3. The fourth-order valence-corrected chi connectivity index (χ4v) is 2.24. The molecular formula is C17H29NOS. The zero-order valence-electron chi connectivity index (χ0n) is 13.2. The summed E-state index contributed by atoms with van der Waals surface area (Å²) in [5.41, 5.74) is 0.926. The van der Waals surface area contributed by atoms with Gasteiger partial charge in [0, 0.05) is 11.3 Å². The summed E-state index contributed by atoms with van der Waals surface area (Å²) in [4.78, 5) is 0.